The summed E-state index contributed by atoms with van der Waals surface area (Å²) in [5.41, 5.74) is 1.03. The molecule has 26 heavy (non-hydrogen) atoms. The van der Waals surface area contributed by atoms with E-state index >= 15 is 0 Å². The first-order valence-electron chi connectivity index (χ1n) is 8.06. The van der Waals surface area contributed by atoms with E-state index in [-0.39, 0.29) is 18.4 Å². The normalized spacial score (nSPS) is 14.0. The molecule has 0 aromatic carbocycles. The Kier molecular flexibility index (Phi) is 5.36. The molecule has 1 aliphatic rings. The van der Waals surface area contributed by atoms with Crippen molar-refractivity contribution in [2.24, 2.45) is 0 Å². The maximum absolute atomic E-state index is 12.6. The van der Waals surface area contributed by atoms with Crippen molar-refractivity contribution in [1.82, 2.24) is 15.3 Å². The van der Waals surface area contributed by atoms with Crippen LogP contribution in [-0.2, 0) is 4.79 Å². The summed E-state index contributed by atoms with van der Waals surface area (Å²) in [7, 11) is 3.66. The number of hydrogen-bond donors (Lipinski definition) is 2. The first-order chi connectivity index (χ1) is 12.4. The van der Waals surface area contributed by atoms with E-state index in [9.17, 15) is 9.59 Å². The second-order valence-electron chi connectivity index (χ2n) is 6.05. The molecule has 0 bridgehead atoms. The Bertz CT molecular complexity index is 825. The Labute approximate surface area is 159 Å². The highest BCUT2D eigenvalue weighted by Crippen LogP contribution is 2.22. The zero-order valence-electron chi connectivity index (χ0n) is 14.5. The molecule has 2 aromatic heterocycles. The number of nitrogens with one attached hydrogen (secondary N) is 2. The van der Waals surface area contributed by atoms with Crippen LogP contribution in [-0.4, -0.2) is 55.5 Å². The summed E-state index contributed by atoms with van der Waals surface area (Å²) in [5, 5.41) is 5.61. The van der Waals surface area contributed by atoms with Crippen molar-refractivity contribution in [2.75, 3.05) is 48.8 Å². The number of nitrogens with zero attached hydrogens (tertiary/aromatic N) is 4. The van der Waals surface area contributed by atoms with Gasteiger partial charge in [0.2, 0.25) is 5.91 Å². The lowest BCUT2D eigenvalue weighted by Gasteiger charge is -2.27. The van der Waals surface area contributed by atoms with Gasteiger partial charge >= 0.3 is 0 Å². The fraction of sp³-hybridized carbons (Fsp3) is 0.294. The van der Waals surface area contributed by atoms with Crippen molar-refractivity contribution < 1.29 is 9.59 Å². The molecule has 1 fully saturated rings. The Hall–Kier alpha value is -2.68. The molecule has 2 aromatic rings. The Morgan fingerprint density at radius 3 is 2.77 bits per heavy atom. The number of hydrogen-bond acceptors (Lipinski definition) is 6. The number of carbonyl (C=O) groups excluding carboxylic acids is 2. The summed E-state index contributed by atoms with van der Waals surface area (Å²) in [5.74, 6) is 0.994. The average Bonchev–Trinajstić information content (AvgIpc) is 2.62. The lowest BCUT2D eigenvalue weighted by molar-refractivity contribution is -0.120. The van der Waals surface area contributed by atoms with Gasteiger partial charge in [0.1, 0.15) is 11.6 Å². The third kappa shape index (κ3) is 4.10. The summed E-state index contributed by atoms with van der Waals surface area (Å²) in [6.45, 7) is 1.59. The number of carbonyl (C=O) groups is 2. The predicted molar refractivity (Wildman–Crippen MR) is 104 cm³/mol. The molecule has 2 amide bonds. The van der Waals surface area contributed by atoms with E-state index in [2.05, 4.69) is 36.5 Å². The average molecular weight is 419 g/mol. The minimum Gasteiger partial charge on any atom is -0.362 e. The van der Waals surface area contributed by atoms with E-state index in [4.69, 9.17) is 0 Å². The minimum atomic E-state index is -0.269. The highest BCUT2D eigenvalue weighted by Gasteiger charge is 2.18. The number of amides is 2. The van der Waals surface area contributed by atoms with E-state index in [0.717, 1.165) is 4.47 Å². The maximum Gasteiger partial charge on any atom is 0.259 e. The van der Waals surface area contributed by atoms with Crippen LogP contribution < -0.4 is 20.4 Å². The van der Waals surface area contributed by atoms with E-state index in [1.54, 1.807) is 35.5 Å². The van der Waals surface area contributed by atoms with Crippen LogP contribution in [0, 0.1) is 0 Å². The van der Waals surface area contributed by atoms with Crippen LogP contribution in [0.2, 0.25) is 0 Å². The molecule has 0 atom stereocenters. The SMILES string of the molecule is CN(C)c1ncc(Br)cc1C(=O)Nc1ccc(N2CCNC(=O)C2)nc1. The van der Waals surface area contributed by atoms with E-state index in [1.807, 2.05) is 19.0 Å². The summed E-state index contributed by atoms with van der Waals surface area (Å²) in [6.07, 6.45) is 3.23. The molecule has 0 unspecified atom stereocenters. The zero-order valence-corrected chi connectivity index (χ0v) is 16.1. The van der Waals surface area contributed by atoms with Gasteiger partial charge in [-0.25, -0.2) is 9.97 Å². The highest BCUT2D eigenvalue weighted by atomic mass is 79.9. The number of piperazine rings is 1. The zero-order chi connectivity index (χ0) is 18.7. The molecule has 136 valence electrons. The molecule has 3 heterocycles. The van der Waals surface area contributed by atoms with Crippen LogP contribution in [0.25, 0.3) is 0 Å². The van der Waals surface area contributed by atoms with Gasteiger partial charge in [0.15, 0.2) is 0 Å². The van der Waals surface area contributed by atoms with Gasteiger partial charge < -0.3 is 20.4 Å². The van der Waals surface area contributed by atoms with Crippen molar-refractivity contribution in [3.63, 3.8) is 0 Å². The third-order valence-electron chi connectivity index (χ3n) is 3.87. The fourth-order valence-electron chi connectivity index (χ4n) is 2.64. The lowest BCUT2D eigenvalue weighted by Crippen LogP contribution is -2.48. The van der Waals surface area contributed by atoms with Crippen LogP contribution in [0.5, 0.6) is 0 Å². The van der Waals surface area contributed by atoms with Crippen LogP contribution in [0.1, 0.15) is 10.4 Å². The summed E-state index contributed by atoms with van der Waals surface area (Å²) < 4.78 is 0.727. The molecule has 3 rings (SSSR count). The second kappa shape index (κ2) is 7.69. The van der Waals surface area contributed by atoms with E-state index in [1.165, 1.54) is 0 Å². The molecular weight excluding hydrogens is 400 g/mol. The van der Waals surface area contributed by atoms with Gasteiger partial charge in [-0.2, -0.15) is 0 Å². The molecule has 0 radical (unpaired) electrons. The van der Waals surface area contributed by atoms with E-state index in [0.29, 0.717) is 36.0 Å². The minimum absolute atomic E-state index is 0.0196. The lowest BCUT2D eigenvalue weighted by atomic mass is 10.2. The second-order valence-corrected chi connectivity index (χ2v) is 6.97. The van der Waals surface area contributed by atoms with Crippen LogP contribution in [0.15, 0.2) is 35.1 Å². The maximum atomic E-state index is 12.6. The summed E-state index contributed by atoms with van der Waals surface area (Å²) in [4.78, 5) is 36.4. The number of aromatic nitrogens is 2. The molecule has 1 aliphatic heterocycles. The van der Waals surface area contributed by atoms with Gasteiger partial charge in [-0.05, 0) is 34.1 Å². The quantitative estimate of drug-likeness (QED) is 0.781. The Morgan fingerprint density at radius 1 is 1.31 bits per heavy atom. The topological polar surface area (TPSA) is 90.5 Å². The number of pyridine rings is 2. The summed E-state index contributed by atoms with van der Waals surface area (Å²) in [6, 6.07) is 5.29. The number of rotatable bonds is 4. The first kappa shape index (κ1) is 18.1. The summed E-state index contributed by atoms with van der Waals surface area (Å²) >= 11 is 3.35. The number of halogens is 1. The standard InChI is InChI=1S/C17H19BrN6O2/c1-23(2)16-13(7-11(18)8-21-16)17(26)22-12-3-4-14(20-9-12)24-6-5-19-15(25)10-24/h3-4,7-9H,5-6,10H2,1-2H3,(H,19,25)(H,22,26). The van der Waals surface area contributed by atoms with Crippen molar-refractivity contribution >= 4 is 45.1 Å². The molecule has 1 saturated heterocycles. The van der Waals surface area contributed by atoms with E-state index < -0.39 is 0 Å². The smallest absolute Gasteiger partial charge is 0.259 e. The highest BCUT2D eigenvalue weighted by molar-refractivity contribution is 9.10. The van der Waals surface area contributed by atoms with Crippen LogP contribution in [0.3, 0.4) is 0 Å². The van der Waals surface area contributed by atoms with Gasteiger partial charge in [0, 0.05) is 37.9 Å². The monoisotopic (exact) mass is 418 g/mol. The molecule has 8 nitrogen and oxygen atoms in total. The van der Waals surface area contributed by atoms with Crippen molar-refractivity contribution in [3.8, 4) is 0 Å². The Balaban J connectivity index is 1.74. The van der Waals surface area contributed by atoms with Gasteiger partial charge in [-0.15, -0.1) is 0 Å². The number of anilines is 3. The van der Waals surface area contributed by atoms with Gasteiger partial charge in [-0.3, -0.25) is 9.59 Å². The largest absolute Gasteiger partial charge is 0.362 e. The molecule has 2 N–H and O–H groups in total. The molecule has 9 heteroatoms. The van der Waals surface area contributed by atoms with Gasteiger partial charge in [-0.1, -0.05) is 0 Å². The van der Waals surface area contributed by atoms with Crippen LogP contribution in [0.4, 0.5) is 17.3 Å². The molecule has 0 spiro atoms. The molecular formula is C17H19BrN6O2. The van der Waals surface area contributed by atoms with Crippen molar-refractivity contribution in [2.45, 2.75) is 0 Å². The third-order valence-corrected chi connectivity index (χ3v) is 4.30. The molecule has 0 saturated carbocycles. The van der Waals surface area contributed by atoms with Gasteiger partial charge in [0.05, 0.1) is 24.0 Å². The van der Waals surface area contributed by atoms with Crippen molar-refractivity contribution in [1.29, 1.82) is 0 Å². The Morgan fingerprint density at radius 2 is 2.12 bits per heavy atom. The molecule has 0 aliphatic carbocycles. The first-order valence-corrected chi connectivity index (χ1v) is 8.85. The fourth-order valence-corrected chi connectivity index (χ4v) is 2.97. The van der Waals surface area contributed by atoms with Gasteiger partial charge in [0.25, 0.3) is 5.91 Å². The predicted octanol–water partition coefficient (Wildman–Crippen LogP) is 1.49. The van der Waals surface area contributed by atoms with Crippen molar-refractivity contribution in [3.05, 3.63) is 40.6 Å². The van der Waals surface area contributed by atoms with Crippen LogP contribution >= 0.6 is 15.9 Å².